The number of ether oxygens (including phenoxy) is 1. The molecule has 2 aromatic rings. The van der Waals surface area contributed by atoms with Crippen LogP contribution in [0.15, 0.2) is 59.1 Å². The van der Waals surface area contributed by atoms with Crippen molar-refractivity contribution in [2.75, 3.05) is 17.7 Å². The highest BCUT2D eigenvalue weighted by Crippen LogP contribution is 2.19. The molecular formula is C17H18BrNO2S. The van der Waals surface area contributed by atoms with Crippen LogP contribution in [0.25, 0.3) is 0 Å². The van der Waals surface area contributed by atoms with Crippen molar-refractivity contribution in [3.8, 4) is 5.75 Å². The quantitative estimate of drug-likeness (QED) is 0.715. The number of anilines is 1. The van der Waals surface area contributed by atoms with Crippen molar-refractivity contribution in [1.29, 1.82) is 0 Å². The summed E-state index contributed by atoms with van der Waals surface area (Å²) in [6.07, 6.45) is 0. The molecule has 0 fully saturated rings. The molecule has 1 amide bonds. The normalized spacial score (nSPS) is 11.7. The number of rotatable bonds is 7. The highest BCUT2D eigenvalue weighted by molar-refractivity contribution is 9.10. The molecule has 22 heavy (non-hydrogen) atoms. The van der Waals surface area contributed by atoms with Crippen molar-refractivity contribution in [2.24, 2.45) is 0 Å². The summed E-state index contributed by atoms with van der Waals surface area (Å²) in [5, 5.41) is 2.78. The number of halogens is 1. The van der Waals surface area contributed by atoms with Gasteiger partial charge in [-0.15, -0.1) is 11.8 Å². The van der Waals surface area contributed by atoms with E-state index >= 15 is 0 Å². The van der Waals surface area contributed by atoms with Gasteiger partial charge in [0.05, 0.1) is 11.9 Å². The van der Waals surface area contributed by atoms with Gasteiger partial charge in [-0.3, -0.25) is 4.79 Å². The van der Waals surface area contributed by atoms with Crippen LogP contribution in [-0.4, -0.2) is 23.5 Å². The van der Waals surface area contributed by atoms with Crippen LogP contribution in [0.4, 0.5) is 5.69 Å². The molecule has 0 radical (unpaired) electrons. The predicted molar refractivity (Wildman–Crippen MR) is 96.6 cm³/mol. The number of hydrogen-bond donors (Lipinski definition) is 1. The Morgan fingerprint density at radius 3 is 2.73 bits per heavy atom. The van der Waals surface area contributed by atoms with Gasteiger partial charge in [0.2, 0.25) is 5.91 Å². The summed E-state index contributed by atoms with van der Waals surface area (Å²) in [6, 6.07) is 17.2. The Bertz CT molecular complexity index is 607. The highest BCUT2D eigenvalue weighted by atomic mass is 79.9. The number of amides is 1. The summed E-state index contributed by atoms with van der Waals surface area (Å²) in [6.45, 7) is 2.48. The van der Waals surface area contributed by atoms with Gasteiger partial charge in [-0.1, -0.05) is 40.2 Å². The molecule has 0 bridgehead atoms. The molecule has 116 valence electrons. The lowest BCUT2D eigenvalue weighted by Gasteiger charge is -2.12. The van der Waals surface area contributed by atoms with Crippen LogP contribution in [-0.2, 0) is 4.79 Å². The number of para-hydroxylation sites is 1. The Morgan fingerprint density at radius 1 is 1.23 bits per heavy atom. The van der Waals surface area contributed by atoms with Gasteiger partial charge in [0.1, 0.15) is 5.75 Å². The van der Waals surface area contributed by atoms with E-state index in [2.05, 4.69) is 21.2 Å². The van der Waals surface area contributed by atoms with Gasteiger partial charge in [0.25, 0.3) is 0 Å². The maximum atomic E-state index is 12.0. The first-order chi connectivity index (χ1) is 10.6. The fourth-order valence-corrected chi connectivity index (χ4v) is 2.90. The zero-order valence-electron chi connectivity index (χ0n) is 12.3. The van der Waals surface area contributed by atoms with E-state index < -0.39 is 0 Å². The van der Waals surface area contributed by atoms with E-state index in [1.54, 1.807) is 11.8 Å². The fourth-order valence-electron chi connectivity index (χ4n) is 1.78. The van der Waals surface area contributed by atoms with Gasteiger partial charge in [-0.05, 0) is 37.3 Å². The van der Waals surface area contributed by atoms with Crippen molar-refractivity contribution < 1.29 is 9.53 Å². The molecule has 3 nitrogen and oxygen atoms in total. The summed E-state index contributed by atoms with van der Waals surface area (Å²) in [5.41, 5.74) is 0.824. The van der Waals surface area contributed by atoms with E-state index in [9.17, 15) is 4.79 Å². The third kappa shape index (κ3) is 5.73. The molecule has 0 aliphatic carbocycles. The fraction of sp³-hybridized carbons (Fsp3) is 0.235. The van der Waals surface area contributed by atoms with Crippen LogP contribution >= 0.6 is 27.7 Å². The Kier molecular flexibility index (Phi) is 6.80. The van der Waals surface area contributed by atoms with E-state index in [1.165, 1.54) is 0 Å². The first kappa shape index (κ1) is 16.9. The Balaban J connectivity index is 1.69. The number of thioether (sulfide) groups is 1. The molecule has 0 saturated heterocycles. The highest BCUT2D eigenvalue weighted by Gasteiger charge is 2.13. The van der Waals surface area contributed by atoms with Crippen LogP contribution in [0, 0.1) is 0 Å². The maximum absolute atomic E-state index is 12.0. The molecule has 5 heteroatoms. The molecule has 0 spiro atoms. The van der Waals surface area contributed by atoms with Crippen molar-refractivity contribution in [1.82, 2.24) is 0 Å². The third-order valence-electron chi connectivity index (χ3n) is 2.93. The maximum Gasteiger partial charge on any atom is 0.237 e. The summed E-state index contributed by atoms with van der Waals surface area (Å²) in [5.74, 6) is 1.60. The molecule has 1 atom stereocenters. The topological polar surface area (TPSA) is 38.3 Å². The minimum Gasteiger partial charge on any atom is -0.493 e. The molecule has 0 aliphatic rings. The lowest BCUT2D eigenvalue weighted by atomic mass is 10.3. The smallest absolute Gasteiger partial charge is 0.237 e. The molecule has 1 N–H and O–H groups in total. The average molecular weight is 380 g/mol. The van der Waals surface area contributed by atoms with Gasteiger partial charge >= 0.3 is 0 Å². The summed E-state index contributed by atoms with van der Waals surface area (Å²) >= 11 is 4.99. The standard InChI is InChI=1S/C17H18BrNO2S/c1-13(17(20)19-15-7-3-2-4-8-15)22-11-10-21-16-9-5-6-14(18)12-16/h2-9,12-13H,10-11H2,1H3,(H,19,20). The second-order valence-corrected chi connectivity index (χ2v) is 7.04. The van der Waals surface area contributed by atoms with E-state index in [4.69, 9.17) is 4.74 Å². The van der Waals surface area contributed by atoms with Crippen LogP contribution in [0.2, 0.25) is 0 Å². The van der Waals surface area contributed by atoms with Crippen LogP contribution in [0.3, 0.4) is 0 Å². The molecule has 0 aliphatic heterocycles. The second-order valence-electron chi connectivity index (χ2n) is 4.67. The summed E-state index contributed by atoms with van der Waals surface area (Å²) < 4.78 is 6.65. The Hall–Kier alpha value is -1.46. The van der Waals surface area contributed by atoms with Gasteiger partial charge in [-0.2, -0.15) is 0 Å². The van der Waals surface area contributed by atoms with Crippen LogP contribution < -0.4 is 10.1 Å². The first-order valence-corrected chi connectivity index (χ1v) is 8.85. The largest absolute Gasteiger partial charge is 0.493 e. The third-order valence-corrected chi connectivity index (χ3v) is 4.54. The molecule has 2 rings (SSSR count). The Morgan fingerprint density at radius 2 is 2.00 bits per heavy atom. The number of hydrogen-bond acceptors (Lipinski definition) is 3. The molecule has 0 heterocycles. The Labute approximate surface area is 143 Å². The summed E-state index contributed by atoms with van der Waals surface area (Å²) in [7, 11) is 0. The lowest BCUT2D eigenvalue weighted by Crippen LogP contribution is -2.23. The predicted octanol–water partition coefficient (Wildman–Crippen LogP) is 4.59. The van der Waals surface area contributed by atoms with E-state index in [-0.39, 0.29) is 11.2 Å². The van der Waals surface area contributed by atoms with Crippen LogP contribution in [0.1, 0.15) is 6.92 Å². The average Bonchev–Trinajstić information content (AvgIpc) is 2.52. The molecule has 0 saturated carbocycles. The van der Waals surface area contributed by atoms with E-state index in [0.717, 1.165) is 21.7 Å². The lowest BCUT2D eigenvalue weighted by molar-refractivity contribution is -0.115. The monoisotopic (exact) mass is 379 g/mol. The number of carbonyl (C=O) groups is 1. The SMILES string of the molecule is CC(SCCOc1cccc(Br)c1)C(=O)Nc1ccccc1. The molecule has 1 unspecified atom stereocenters. The van der Waals surface area contributed by atoms with Crippen molar-refractivity contribution in [3.63, 3.8) is 0 Å². The van der Waals surface area contributed by atoms with Crippen molar-refractivity contribution >= 4 is 39.3 Å². The molecule has 0 aromatic heterocycles. The van der Waals surface area contributed by atoms with Crippen molar-refractivity contribution in [3.05, 3.63) is 59.1 Å². The van der Waals surface area contributed by atoms with E-state index in [1.807, 2.05) is 61.5 Å². The molecular weight excluding hydrogens is 362 g/mol. The van der Waals surface area contributed by atoms with E-state index in [0.29, 0.717) is 6.61 Å². The number of benzene rings is 2. The first-order valence-electron chi connectivity index (χ1n) is 7.01. The molecule has 2 aromatic carbocycles. The minimum atomic E-state index is -0.119. The van der Waals surface area contributed by atoms with Crippen LogP contribution in [0.5, 0.6) is 5.75 Å². The van der Waals surface area contributed by atoms with Gasteiger partial charge in [0.15, 0.2) is 0 Å². The number of nitrogens with one attached hydrogen (secondary N) is 1. The van der Waals surface area contributed by atoms with Crippen molar-refractivity contribution in [2.45, 2.75) is 12.2 Å². The zero-order valence-corrected chi connectivity index (χ0v) is 14.7. The second kappa shape index (κ2) is 8.86. The van der Waals surface area contributed by atoms with Gasteiger partial charge in [-0.25, -0.2) is 0 Å². The van der Waals surface area contributed by atoms with Gasteiger partial charge in [0, 0.05) is 15.9 Å². The minimum absolute atomic E-state index is 0.0126. The number of carbonyl (C=O) groups excluding carboxylic acids is 1. The zero-order chi connectivity index (χ0) is 15.8. The summed E-state index contributed by atoms with van der Waals surface area (Å²) in [4.78, 5) is 12.0. The van der Waals surface area contributed by atoms with Gasteiger partial charge < -0.3 is 10.1 Å².